The van der Waals surface area contributed by atoms with Gasteiger partial charge in [-0.1, -0.05) is 23.4 Å². The highest BCUT2D eigenvalue weighted by atomic mass is 35.5. The number of aromatic nitrogens is 3. The third kappa shape index (κ3) is 6.69. The number of anilines is 2. The highest BCUT2D eigenvalue weighted by Gasteiger charge is 2.28. The summed E-state index contributed by atoms with van der Waals surface area (Å²) in [5.41, 5.74) is 2.66. The number of aryl methyl sites for hydroxylation is 1. The van der Waals surface area contributed by atoms with E-state index < -0.39 is 11.8 Å². The molecule has 0 atom stereocenters. The van der Waals surface area contributed by atoms with Crippen LogP contribution in [0.3, 0.4) is 0 Å². The molecule has 0 bridgehead atoms. The molecule has 0 spiro atoms. The predicted octanol–water partition coefficient (Wildman–Crippen LogP) is 4.75. The normalized spacial score (nSPS) is 12.3. The van der Waals surface area contributed by atoms with E-state index in [0.29, 0.717) is 41.1 Å². The van der Waals surface area contributed by atoms with Crippen molar-refractivity contribution in [1.82, 2.24) is 20.1 Å². The molecular formula is C28H29ClFN5O4S. The van der Waals surface area contributed by atoms with E-state index in [2.05, 4.69) is 27.0 Å². The van der Waals surface area contributed by atoms with Gasteiger partial charge in [-0.05, 0) is 56.4 Å². The van der Waals surface area contributed by atoms with Gasteiger partial charge in [0.2, 0.25) is 5.91 Å². The molecule has 0 unspecified atom stereocenters. The maximum Gasteiger partial charge on any atom is 0.357 e. The number of carbonyl (C=O) groups excluding carboxylic acids is 2. The van der Waals surface area contributed by atoms with Gasteiger partial charge in [0, 0.05) is 36.5 Å². The van der Waals surface area contributed by atoms with Gasteiger partial charge in [-0.2, -0.15) is 0 Å². The molecule has 12 heteroatoms. The van der Waals surface area contributed by atoms with Gasteiger partial charge in [-0.15, -0.1) is 21.5 Å². The summed E-state index contributed by atoms with van der Waals surface area (Å²) in [6.45, 7) is 4.55. The first-order valence-electron chi connectivity index (χ1n) is 12.7. The lowest BCUT2D eigenvalue weighted by Gasteiger charge is -2.28. The van der Waals surface area contributed by atoms with E-state index in [0.717, 1.165) is 28.8 Å². The molecule has 210 valence electrons. The fourth-order valence-electron chi connectivity index (χ4n) is 4.10. The molecule has 0 saturated carbocycles. The number of methoxy groups -OCH3 is 1. The third-order valence-electron chi connectivity index (χ3n) is 6.45. The Morgan fingerprint density at radius 3 is 2.83 bits per heavy atom. The van der Waals surface area contributed by atoms with Crippen molar-refractivity contribution in [3.63, 3.8) is 0 Å². The van der Waals surface area contributed by atoms with Gasteiger partial charge in [0.05, 0.1) is 20.3 Å². The number of hydrogen-bond donors (Lipinski definition) is 0. The number of esters is 1. The van der Waals surface area contributed by atoms with Crippen LogP contribution in [0.5, 0.6) is 5.75 Å². The van der Waals surface area contributed by atoms with E-state index in [-0.39, 0.29) is 30.5 Å². The fraction of sp³-hybridized carbons (Fsp3) is 0.393. The zero-order valence-corrected chi connectivity index (χ0v) is 24.3. The maximum atomic E-state index is 14.6. The van der Waals surface area contributed by atoms with Crippen LogP contribution in [0.15, 0.2) is 18.2 Å². The van der Waals surface area contributed by atoms with E-state index in [4.69, 9.17) is 21.1 Å². The van der Waals surface area contributed by atoms with Crippen LogP contribution in [-0.2, 0) is 22.4 Å². The summed E-state index contributed by atoms with van der Waals surface area (Å²) in [6, 6.07) is 4.50. The number of nitrogens with zero attached hydrogens (tertiary/aromatic N) is 5. The maximum absolute atomic E-state index is 14.6. The number of rotatable bonds is 8. The molecule has 2 aromatic heterocycles. The third-order valence-corrected chi connectivity index (χ3v) is 7.95. The van der Waals surface area contributed by atoms with Crippen molar-refractivity contribution in [2.75, 3.05) is 38.8 Å². The number of halogens is 2. The summed E-state index contributed by atoms with van der Waals surface area (Å²) >= 11 is 7.57. The Balaban J connectivity index is 1.41. The number of fused-ring (bicyclic) bond motifs is 1. The van der Waals surface area contributed by atoms with Gasteiger partial charge in [0.15, 0.2) is 33.4 Å². The molecule has 0 aliphatic carbocycles. The molecule has 0 saturated heterocycles. The summed E-state index contributed by atoms with van der Waals surface area (Å²) in [5.74, 6) is 5.36. The van der Waals surface area contributed by atoms with E-state index in [1.165, 1.54) is 42.4 Å². The minimum atomic E-state index is -0.526. The second-order valence-corrected chi connectivity index (χ2v) is 10.6. The molecule has 1 aliphatic heterocycles. The molecule has 4 rings (SSSR count). The average Bonchev–Trinajstić information content (AvgIpc) is 3.37. The molecule has 1 amide bonds. The zero-order chi connectivity index (χ0) is 28.8. The van der Waals surface area contributed by atoms with Crippen LogP contribution in [-0.4, -0.2) is 65.8 Å². The Morgan fingerprint density at radius 1 is 1.30 bits per heavy atom. The number of benzene rings is 1. The number of thiazole rings is 1. The van der Waals surface area contributed by atoms with Crippen molar-refractivity contribution >= 4 is 45.8 Å². The van der Waals surface area contributed by atoms with Crippen molar-refractivity contribution in [2.24, 2.45) is 0 Å². The Labute approximate surface area is 241 Å². The standard InChI is InChI=1S/C28H29ClFN5O4S/c1-17-20-9-6-14-35(26(20)33-32-25(17)29)28-31-24(27(37)38-4)23(40-28)10-7-15-39-22-12-11-19(16-21(22)30)8-5-13-34(3)18(2)36/h11-12,16H,6-7,9-10,13-15H2,1-4H3. The van der Waals surface area contributed by atoms with Crippen LogP contribution in [0.1, 0.15) is 51.8 Å². The van der Waals surface area contributed by atoms with Crippen LogP contribution < -0.4 is 9.64 Å². The smallest absolute Gasteiger partial charge is 0.357 e. The average molecular weight is 586 g/mol. The molecule has 3 aromatic rings. The summed E-state index contributed by atoms with van der Waals surface area (Å²) < 4.78 is 25.2. The number of ether oxygens (including phenoxy) is 2. The number of hydrogen-bond acceptors (Lipinski definition) is 9. The minimum absolute atomic E-state index is 0.0935. The monoisotopic (exact) mass is 585 g/mol. The van der Waals surface area contributed by atoms with Crippen molar-refractivity contribution in [3.8, 4) is 17.6 Å². The summed E-state index contributed by atoms with van der Waals surface area (Å²) in [4.78, 5) is 32.5. The van der Waals surface area contributed by atoms with Gasteiger partial charge in [0.25, 0.3) is 0 Å². The van der Waals surface area contributed by atoms with Crippen LogP contribution >= 0.6 is 22.9 Å². The summed E-state index contributed by atoms with van der Waals surface area (Å²) in [6.07, 6.45) is 2.74. The van der Waals surface area contributed by atoms with E-state index in [1.54, 1.807) is 13.1 Å². The summed E-state index contributed by atoms with van der Waals surface area (Å²) in [5, 5.41) is 9.39. The first kappa shape index (κ1) is 29.2. The Bertz CT molecular complexity index is 1490. The van der Waals surface area contributed by atoms with Crippen LogP contribution in [0, 0.1) is 24.6 Å². The molecule has 1 aliphatic rings. The quantitative estimate of drug-likeness (QED) is 0.212. The van der Waals surface area contributed by atoms with E-state index in [1.807, 2.05) is 11.8 Å². The first-order valence-corrected chi connectivity index (χ1v) is 13.9. The van der Waals surface area contributed by atoms with Gasteiger partial charge in [0.1, 0.15) is 0 Å². The zero-order valence-electron chi connectivity index (χ0n) is 22.7. The Kier molecular flexibility index (Phi) is 9.55. The number of amides is 1. The largest absolute Gasteiger partial charge is 0.491 e. The molecular weight excluding hydrogens is 557 g/mol. The molecule has 3 heterocycles. The van der Waals surface area contributed by atoms with Gasteiger partial charge in [-0.3, -0.25) is 4.79 Å². The highest BCUT2D eigenvalue weighted by molar-refractivity contribution is 7.16. The van der Waals surface area contributed by atoms with Crippen molar-refractivity contribution in [3.05, 3.63) is 56.4 Å². The highest BCUT2D eigenvalue weighted by Crippen LogP contribution is 2.38. The summed E-state index contributed by atoms with van der Waals surface area (Å²) in [7, 11) is 2.97. The van der Waals surface area contributed by atoms with Crippen molar-refractivity contribution < 1.29 is 23.5 Å². The van der Waals surface area contributed by atoms with Crippen LogP contribution in [0.4, 0.5) is 15.3 Å². The van der Waals surface area contributed by atoms with Crippen molar-refractivity contribution in [2.45, 2.75) is 39.5 Å². The fourth-order valence-corrected chi connectivity index (χ4v) is 5.37. The predicted molar refractivity (Wildman–Crippen MR) is 151 cm³/mol. The molecule has 40 heavy (non-hydrogen) atoms. The topological polar surface area (TPSA) is 97.8 Å². The second kappa shape index (κ2) is 13.1. The first-order chi connectivity index (χ1) is 19.2. The Hall–Kier alpha value is -3.75. The molecule has 0 fully saturated rings. The molecule has 9 nitrogen and oxygen atoms in total. The Morgan fingerprint density at radius 2 is 2.10 bits per heavy atom. The lowest BCUT2D eigenvalue weighted by Crippen LogP contribution is -2.27. The van der Waals surface area contributed by atoms with Gasteiger partial charge >= 0.3 is 5.97 Å². The molecule has 1 aromatic carbocycles. The second-order valence-electron chi connectivity index (χ2n) is 9.21. The molecule has 0 N–H and O–H groups in total. The minimum Gasteiger partial charge on any atom is -0.491 e. The van der Waals surface area contributed by atoms with Crippen molar-refractivity contribution in [1.29, 1.82) is 0 Å². The number of carbonyl (C=O) groups is 2. The molecule has 0 radical (unpaired) electrons. The van der Waals surface area contributed by atoms with Crippen LogP contribution in [0.2, 0.25) is 5.15 Å². The van der Waals surface area contributed by atoms with Gasteiger partial charge in [-0.25, -0.2) is 14.2 Å². The van der Waals surface area contributed by atoms with E-state index >= 15 is 0 Å². The van der Waals surface area contributed by atoms with Gasteiger partial charge < -0.3 is 19.3 Å². The lowest BCUT2D eigenvalue weighted by molar-refractivity contribution is -0.126. The van der Waals surface area contributed by atoms with Crippen LogP contribution in [0.25, 0.3) is 0 Å². The lowest BCUT2D eigenvalue weighted by atomic mass is 10.0. The SMILES string of the molecule is COC(=O)c1nc(N2CCCc3c2nnc(Cl)c3C)sc1CCCOc1ccc(C#CCN(C)C(C)=O)cc1F. The van der Waals surface area contributed by atoms with E-state index in [9.17, 15) is 14.0 Å².